The first-order valence-corrected chi connectivity index (χ1v) is 9.78. The number of hydrogen-bond acceptors (Lipinski definition) is 2. The van der Waals surface area contributed by atoms with Crippen LogP contribution in [0.5, 0.6) is 0 Å². The van der Waals surface area contributed by atoms with Crippen LogP contribution in [0, 0.1) is 0 Å². The molecule has 2 heteroatoms. The maximum Gasteiger partial charge on any atom is 0.00866 e. The lowest BCUT2D eigenvalue weighted by Crippen LogP contribution is -1.93. The highest BCUT2D eigenvalue weighted by Gasteiger charge is 2.26. The average molecular weight is 300 g/mol. The summed E-state index contributed by atoms with van der Waals surface area (Å²) in [5.74, 6) is 0. The Morgan fingerprint density at radius 3 is 1.00 bits per heavy atom. The Labute approximate surface area is 128 Å². The summed E-state index contributed by atoms with van der Waals surface area (Å²) in [6.07, 6.45) is 13.6. The molecule has 2 aromatic rings. The molecule has 0 N–H and O–H groups in total. The van der Waals surface area contributed by atoms with Gasteiger partial charge in [0.15, 0.2) is 0 Å². The predicted molar refractivity (Wildman–Crippen MR) is 87.5 cm³/mol. The van der Waals surface area contributed by atoms with Crippen LogP contribution in [0.3, 0.4) is 0 Å². The molecule has 0 spiro atoms. The number of rotatable bonds is 0. The van der Waals surface area contributed by atoms with Gasteiger partial charge in [-0.3, -0.25) is 0 Å². The molecule has 0 amide bonds. The number of hydrogen-bond donors (Lipinski definition) is 0. The van der Waals surface area contributed by atoms with Crippen molar-refractivity contribution >= 4 is 22.7 Å². The zero-order chi connectivity index (χ0) is 13.1. The van der Waals surface area contributed by atoms with E-state index in [1.165, 1.54) is 64.2 Å². The largest absolute Gasteiger partial charge is 0.145 e. The quantitative estimate of drug-likeness (QED) is 0.663. The van der Waals surface area contributed by atoms with Crippen molar-refractivity contribution in [3.63, 3.8) is 0 Å². The number of fused-ring (bicyclic) bond motifs is 10. The highest BCUT2D eigenvalue weighted by atomic mass is 32.1. The van der Waals surface area contributed by atoms with Gasteiger partial charge < -0.3 is 0 Å². The molecule has 0 radical (unpaired) electrons. The van der Waals surface area contributed by atoms with Gasteiger partial charge in [-0.2, -0.15) is 0 Å². The molecule has 0 nitrogen and oxygen atoms in total. The fraction of sp³-hybridized carbons (Fsp3) is 0.556. The van der Waals surface area contributed by atoms with Gasteiger partial charge in [-0.1, -0.05) is 0 Å². The minimum atomic E-state index is 1.32. The SMILES string of the molecule is C1Cc2c3sc(c2C1)CCc1sc(c2c1CCC2)CC3. The molecule has 0 atom stereocenters. The summed E-state index contributed by atoms with van der Waals surface area (Å²) in [6.45, 7) is 0. The third-order valence-electron chi connectivity index (χ3n) is 5.43. The van der Waals surface area contributed by atoms with Crippen molar-refractivity contribution < 1.29 is 0 Å². The molecule has 104 valence electrons. The van der Waals surface area contributed by atoms with Crippen molar-refractivity contribution in [3.8, 4) is 0 Å². The Balaban J connectivity index is 1.60. The Bertz CT molecular complexity index is 574. The van der Waals surface area contributed by atoms with Gasteiger partial charge in [0.05, 0.1) is 0 Å². The number of aryl methyl sites for hydroxylation is 4. The van der Waals surface area contributed by atoms with Crippen LogP contribution in [0.15, 0.2) is 0 Å². The van der Waals surface area contributed by atoms with Gasteiger partial charge in [0.1, 0.15) is 0 Å². The maximum atomic E-state index is 2.17. The summed E-state index contributed by atoms with van der Waals surface area (Å²) in [4.78, 5) is 6.99. The van der Waals surface area contributed by atoms with E-state index in [0.717, 1.165) is 0 Å². The second-order valence-electron chi connectivity index (χ2n) is 6.52. The summed E-state index contributed by atoms with van der Waals surface area (Å²) in [5.41, 5.74) is 7.11. The zero-order valence-electron chi connectivity index (χ0n) is 11.9. The van der Waals surface area contributed by atoms with Crippen molar-refractivity contribution in [1.29, 1.82) is 0 Å². The van der Waals surface area contributed by atoms with E-state index in [1.807, 2.05) is 0 Å². The smallest absolute Gasteiger partial charge is 0.00866 e. The molecule has 4 bridgehead atoms. The minimum absolute atomic E-state index is 1.32. The fourth-order valence-corrected chi connectivity index (χ4v) is 7.33. The van der Waals surface area contributed by atoms with E-state index >= 15 is 0 Å². The third-order valence-corrected chi connectivity index (χ3v) is 8.22. The van der Waals surface area contributed by atoms with Crippen molar-refractivity contribution in [2.75, 3.05) is 0 Å². The molecule has 0 saturated heterocycles. The van der Waals surface area contributed by atoms with E-state index in [2.05, 4.69) is 22.7 Å². The van der Waals surface area contributed by atoms with Crippen LogP contribution in [0.1, 0.15) is 54.6 Å². The van der Waals surface area contributed by atoms with Crippen LogP contribution in [0.25, 0.3) is 0 Å². The first-order chi connectivity index (χ1) is 9.90. The predicted octanol–water partition coefficient (Wildman–Crippen LogP) is 4.67. The molecule has 20 heavy (non-hydrogen) atoms. The van der Waals surface area contributed by atoms with Gasteiger partial charge in [-0.05, 0) is 86.5 Å². The lowest BCUT2D eigenvalue weighted by Gasteiger charge is -2.04. The van der Waals surface area contributed by atoms with Crippen LogP contribution in [0.2, 0.25) is 0 Å². The van der Waals surface area contributed by atoms with E-state index in [1.54, 1.807) is 41.8 Å². The minimum Gasteiger partial charge on any atom is -0.145 e. The standard InChI is InChI=1S/C18H20S2/c1-3-11-12(4-1)16-8-10-18-14-6-2-5-13(14)17(20-18)9-7-15(11)19-16/h1-10H2. The molecule has 5 rings (SSSR count). The number of thiophene rings is 2. The van der Waals surface area contributed by atoms with Crippen LogP contribution in [-0.4, -0.2) is 0 Å². The van der Waals surface area contributed by atoms with Gasteiger partial charge in [0, 0.05) is 19.5 Å². The Morgan fingerprint density at radius 2 is 0.700 bits per heavy atom. The van der Waals surface area contributed by atoms with E-state index in [0.29, 0.717) is 0 Å². The lowest BCUT2D eigenvalue weighted by molar-refractivity contribution is 0.875. The summed E-state index contributed by atoms with van der Waals surface area (Å²) >= 11 is 4.33. The van der Waals surface area contributed by atoms with Crippen LogP contribution in [-0.2, 0) is 51.4 Å². The van der Waals surface area contributed by atoms with Gasteiger partial charge >= 0.3 is 0 Å². The Hall–Kier alpha value is -0.600. The van der Waals surface area contributed by atoms with Crippen molar-refractivity contribution in [3.05, 3.63) is 41.8 Å². The molecule has 0 fully saturated rings. The summed E-state index contributed by atoms with van der Waals surface area (Å²) in [6, 6.07) is 0. The Kier molecular flexibility index (Phi) is 2.67. The summed E-state index contributed by atoms with van der Waals surface area (Å²) in [7, 11) is 0. The van der Waals surface area contributed by atoms with Crippen molar-refractivity contribution in [2.24, 2.45) is 0 Å². The average Bonchev–Trinajstić information content (AvgIpc) is 3.17. The summed E-state index contributed by atoms with van der Waals surface area (Å²) in [5, 5.41) is 0. The van der Waals surface area contributed by atoms with Crippen LogP contribution >= 0.6 is 22.7 Å². The van der Waals surface area contributed by atoms with Crippen molar-refractivity contribution in [1.82, 2.24) is 0 Å². The van der Waals surface area contributed by atoms with Gasteiger partial charge in [0.25, 0.3) is 0 Å². The molecule has 1 aliphatic heterocycles. The second-order valence-corrected chi connectivity index (χ2v) is 8.90. The lowest BCUT2D eigenvalue weighted by atomic mass is 10.0. The Morgan fingerprint density at radius 1 is 0.400 bits per heavy atom. The fourth-order valence-electron chi connectivity index (χ4n) is 4.52. The molecule has 2 aliphatic carbocycles. The molecule has 0 unspecified atom stereocenters. The highest BCUT2D eigenvalue weighted by molar-refractivity contribution is 7.13. The van der Waals surface area contributed by atoms with Gasteiger partial charge in [-0.25, -0.2) is 0 Å². The highest BCUT2D eigenvalue weighted by Crippen LogP contribution is 2.42. The second kappa shape index (κ2) is 4.45. The maximum absolute atomic E-state index is 2.17. The zero-order valence-corrected chi connectivity index (χ0v) is 13.5. The molecule has 0 saturated carbocycles. The first kappa shape index (κ1) is 12.0. The molecule has 3 aliphatic rings. The van der Waals surface area contributed by atoms with Gasteiger partial charge in [-0.15, -0.1) is 22.7 Å². The topological polar surface area (TPSA) is 0 Å². The molecule has 0 aromatic carbocycles. The van der Waals surface area contributed by atoms with E-state index in [4.69, 9.17) is 0 Å². The molecule has 2 aromatic heterocycles. The van der Waals surface area contributed by atoms with Gasteiger partial charge in [0.2, 0.25) is 0 Å². The van der Waals surface area contributed by atoms with E-state index in [9.17, 15) is 0 Å². The summed E-state index contributed by atoms with van der Waals surface area (Å²) < 4.78 is 0. The monoisotopic (exact) mass is 300 g/mol. The van der Waals surface area contributed by atoms with E-state index < -0.39 is 0 Å². The first-order valence-electron chi connectivity index (χ1n) is 8.14. The van der Waals surface area contributed by atoms with E-state index in [-0.39, 0.29) is 0 Å². The third kappa shape index (κ3) is 1.64. The molecular weight excluding hydrogens is 280 g/mol. The normalized spacial score (nSPS) is 20.0. The van der Waals surface area contributed by atoms with Crippen molar-refractivity contribution in [2.45, 2.75) is 64.2 Å². The van der Waals surface area contributed by atoms with Crippen LogP contribution in [0.4, 0.5) is 0 Å². The van der Waals surface area contributed by atoms with Crippen LogP contribution < -0.4 is 0 Å². The molecule has 3 heterocycles. The molecular formula is C18H20S2.